The summed E-state index contributed by atoms with van der Waals surface area (Å²) in [5.74, 6) is -2.39. The van der Waals surface area contributed by atoms with Gasteiger partial charge in [0.1, 0.15) is 35.8 Å². The lowest BCUT2D eigenvalue weighted by molar-refractivity contribution is -0.140. The number of halogens is 4. The lowest BCUT2D eigenvalue weighted by Crippen LogP contribution is -2.52. The predicted molar refractivity (Wildman–Crippen MR) is 219 cm³/mol. The summed E-state index contributed by atoms with van der Waals surface area (Å²) >= 11 is 0. The number of H-pyrrole nitrogens is 1. The number of imidazole rings is 1. The van der Waals surface area contributed by atoms with Crippen LogP contribution in [0.2, 0.25) is 0 Å². The smallest absolute Gasteiger partial charge is 0.245 e. The van der Waals surface area contributed by atoms with Crippen molar-refractivity contribution in [2.45, 2.75) is 122 Å². The number of amides is 3. The Kier molecular flexibility index (Phi) is 11.8. The highest BCUT2D eigenvalue weighted by Crippen LogP contribution is 2.43. The van der Waals surface area contributed by atoms with Crippen LogP contribution in [0.1, 0.15) is 77.7 Å². The van der Waals surface area contributed by atoms with E-state index in [1.165, 1.54) is 29.2 Å². The van der Waals surface area contributed by atoms with Gasteiger partial charge in [0.05, 0.1) is 41.9 Å². The molecule has 2 aliphatic heterocycles. The van der Waals surface area contributed by atoms with Crippen molar-refractivity contribution < 1.29 is 36.7 Å². The Bertz CT molecular complexity index is 2130. The van der Waals surface area contributed by atoms with Gasteiger partial charge in [0.2, 0.25) is 17.7 Å². The van der Waals surface area contributed by atoms with E-state index in [2.05, 4.69) is 15.6 Å². The number of nitrogens with zero attached hydrogens (tertiary/aromatic N) is 4. The Morgan fingerprint density at radius 2 is 1.53 bits per heavy atom. The van der Waals surface area contributed by atoms with Crippen LogP contribution in [-0.2, 0) is 32.1 Å². The van der Waals surface area contributed by atoms with Crippen LogP contribution >= 0.6 is 0 Å². The van der Waals surface area contributed by atoms with Gasteiger partial charge in [0, 0.05) is 60.7 Å². The second-order valence-electron chi connectivity index (χ2n) is 17.8. The number of likely N-dealkylation sites (N-methyl/N-ethyl adjacent to an activating group) is 1. The van der Waals surface area contributed by atoms with Crippen molar-refractivity contribution in [2.24, 2.45) is 23.7 Å². The van der Waals surface area contributed by atoms with Crippen molar-refractivity contribution in [1.29, 1.82) is 0 Å². The number of alkyl halides is 2. The van der Waals surface area contributed by atoms with E-state index in [0.717, 1.165) is 25.7 Å². The Balaban J connectivity index is 1.16. The van der Waals surface area contributed by atoms with Gasteiger partial charge in [0.25, 0.3) is 0 Å². The van der Waals surface area contributed by atoms with E-state index < -0.39 is 54.1 Å². The molecule has 15 heteroatoms. The molecule has 4 heterocycles. The van der Waals surface area contributed by atoms with Crippen molar-refractivity contribution in [1.82, 2.24) is 35.0 Å². The number of aromatic nitrogens is 3. The van der Waals surface area contributed by atoms with E-state index in [-0.39, 0.29) is 86.6 Å². The summed E-state index contributed by atoms with van der Waals surface area (Å²) < 4.78 is 62.5. The molecule has 8 rings (SSSR count). The van der Waals surface area contributed by atoms with Crippen LogP contribution in [0.15, 0.2) is 36.4 Å². The van der Waals surface area contributed by atoms with E-state index in [1.54, 1.807) is 37.9 Å². The summed E-state index contributed by atoms with van der Waals surface area (Å²) in [6.07, 6.45) is 1.53. The van der Waals surface area contributed by atoms with Gasteiger partial charge in [-0.15, -0.1) is 0 Å². The zero-order valence-corrected chi connectivity index (χ0v) is 34.7. The molecule has 4 aromatic rings. The van der Waals surface area contributed by atoms with Crippen LogP contribution in [0.3, 0.4) is 0 Å². The molecule has 60 heavy (non-hydrogen) atoms. The summed E-state index contributed by atoms with van der Waals surface area (Å²) in [6, 6.07) is 6.03. The van der Waals surface area contributed by atoms with E-state index in [0.29, 0.717) is 45.4 Å². The number of hydrogen-bond acceptors (Lipinski definition) is 6. The van der Waals surface area contributed by atoms with E-state index in [4.69, 9.17) is 4.98 Å². The number of likely N-dealkylation sites (tertiary alicyclic amines) is 2. The average Bonchev–Trinajstić information content (AvgIpc) is 4.13. The van der Waals surface area contributed by atoms with Crippen molar-refractivity contribution in [3.05, 3.63) is 53.6 Å². The van der Waals surface area contributed by atoms with Gasteiger partial charge in [0.15, 0.2) is 5.82 Å². The first-order valence-corrected chi connectivity index (χ1v) is 21.6. The van der Waals surface area contributed by atoms with Crippen LogP contribution in [0, 0.1) is 35.3 Å². The molecule has 8 unspecified atom stereocenters. The molecule has 4 aliphatic rings. The quantitative estimate of drug-likeness (QED) is 0.112. The standard InChI is InChI=1S/C45H55F4N7O4/c1-5-23(2)43(58)53-40(26-8-9-26)45(60)55-21-30(49)15-32(55)22-56-38-13-11-28(47)17-37(38)52-42(56)41-35(33-12-10-27(46)16-36(33)51-41)18-31-14-29(48)20-54(31)44(59)34(25-6-7-25)19-39(57)24(3)50-4/h10-13,16-17,23-26,29-32,34,40,50-51H,5-9,14-15,18-22H2,1-4H3,(H,53,58). The number of nitrogens with one attached hydrogen (secondary N) is 3. The minimum atomic E-state index is -1.32. The van der Waals surface area contributed by atoms with Crippen molar-refractivity contribution in [3.8, 4) is 11.5 Å². The van der Waals surface area contributed by atoms with Gasteiger partial charge in [-0.1, -0.05) is 13.8 Å². The van der Waals surface area contributed by atoms with Crippen LogP contribution < -0.4 is 10.6 Å². The molecule has 8 atom stereocenters. The molecule has 0 spiro atoms. The van der Waals surface area contributed by atoms with Gasteiger partial charge in [-0.05, 0) is 100 Å². The minimum absolute atomic E-state index is 0.0301. The molecule has 2 saturated carbocycles. The van der Waals surface area contributed by atoms with Crippen LogP contribution in [0.4, 0.5) is 17.6 Å². The molecule has 2 aliphatic carbocycles. The maximum absolute atomic E-state index is 15.5. The summed E-state index contributed by atoms with van der Waals surface area (Å²) in [5, 5.41) is 6.55. The van der Waals surface area contributed by atoms with Crippen LogP contribution in [-0.4, -0.2) is 104 Å². The second kappa shape index (κ2) is 16.9. The minimum Gasteiger partial charge on any atom is -0.352 e. The lowest BCUT2D eigenvalue weighted by atomic mass is 9.92. The third kappa shape index (κ3) is 8.42. The summed E-state index contributed by atoms with van der Waals surface area (Å²) in [4.78, 5) is 66.0. The number of benzene rings is 2. The molecule has 11 nitrogen and oxygen atoms in total. The Hall–Kier alpha value is -4.79. The number of aromatic amines is 1. The Labute approximate surface area is 347 Å². The largest absolute Gasteiger partial charge is 0.352 e. The molecule has 4 fully saturated rings. The number of rotatable bonds is 16. The number of carbonyl (C=O) groups is 4. The van der Waals surface area contributed by atoms with Gasteiger partial charge in [-0.25, -0.2) is 22.5 Å². The molecule has 322 valence electrons. The average molecular weight is 834 g/mol. The van der Waals surface area contributed by atoms with E-state index >= 15 is 8.78 Å². The highest BCUT2D eigenvalue weighted by Gasteiger charge is 2.46. The third-order valence-corrected chi connectivity index (χ3v) is 13.5. The fraction of sp³-hybridized carbons (Fsp3) is 0.578. The van der Waals surface area contributed by atoms with Gasteiger partial charge >= 0.3 is 0 Å². The molecular weight excluding hydrogens is 779 g/mol. The maximum Gasteiger partial charge on any atom is 0.245 e. The number of carbonyl (C=O) groups excluding carboxylic acids is 4. The Morgan fingerprint density at radius 1 is 0.883 bits per heavy atom. The topological polar surface area (TPSA) is 132 Å². The number of Topliss-reactive ketones (excluding diaryl/α,β-unsaturated/α-hetero) is 1. The number of fused-ring (bicyclic) bond motifs is 2. The lowest BCUT2D eigenvalue weighted by Gasteiger charge is -2.30. The maximum atomic E-state index is 15.5. The van der Waals surface area contributed by atoms with Gasteiger partial charge in [-0.3, -0.25) is 19.2 Å². The molecule has 2 aromatic carbocycles. The van der Waals surface area contributed by atoms with Crippen LogP contribution in [0.5, 0.6) is 0 Å². The van der Waals surface area contributed by atoms with E-state index in [9.17, 15) is 28.0 Å². The first kappa shape index (κ1) is 41.9. The summed E-state index contributed by atoms with van der Waals surface area (Å²) in [6.45, 7) is 5.29. The normalized spacial score (nSPS) is 23.9. The first-order valence-electron chi connectivity index (χ1n) is 21.6. The molecule has 0 radical (unpaired) electrons. The fourth-order valence-electron chi connectivity index (χ4n) is 9.37. The van der Waals surface area contributed by atoms with Crippen LogP contribution in [0.25, 0.3) is 33.5 Å². The van der Waals surface area contributed by atoms with Gasteiger partial charge < -0.3 is 30.0 Å². The zero-order chi connectivity index (χ0) is 42.6. The first-order chi connectivity index (χ1) is 28.7. The molecule has 3 amide bonds. The Morgan fingerprint density at radius 3 is 2.20 bits per heavy atom. The highest BCUT2D eigenvalue weighted by molar-refractivity contribution is 5.93. The second-order valence-corrected chi connectivity index (χ2v) is 17.8. The SMILES string of the molecule is CCC(C)C(=O)NC(C(=O)N1CC(F)CC1Cn1c(-c2[nH]c3cc(F)ccc3c2CC2CC(F)CN2C(=O)C(CC(=O)C(C)NC)C2CC2)nc2cc(F)ccc21)C1CC1. The zero-order valence-electron chi connectivity index (χ0n) is 34.7. The monoisotopic (exact) mass is 833 g/mol. The van der Waals surface area contributed by atoms with Crippen molar-refractivity contribution in [3.63, 3.8) is 0 Å². The van der Waals surface area contributed by atoms with Crippen molar-refractivity contribution >= 4 is 45.4 Å². The number of ketones is 1. The van der Waals surface area contributed by atoms with E-state index in [1.807, 2.05) is 11.5 Å². The summed E-state index contributed by atoms with van der Waals surface area (Å²) in [7, 11) is 1.69. The molecule has 2 saturated heterocycles. The number of hydrogen-bond donors (Lipinski definition) is 3. The molecule has 2 aromatic heterocycles. The predicted octanol–water partition coefficient (Wildman–Crippen LogP) is 6.42. The molecule has 0 bridgehead atoms. The van der Waals surface area contributed by atoms with Gasteiger partial charge in [-0.2, -0.15) is 0 Å². The van der Waals surface area contributed by atoms with Crippen molar-refractivity contribution in [2.75, 3.05) is 20.1 Å². The fourth-order valence-corrected chi connectivity index (χ4v) is 9.37. The highest BCUT2D eigenvalue weighted by atomic mass is 19.1. The summed E-state index contributed by atoms with van der Waals surface area (Å²) in [5.41, 5.74) is 2.36. The molecule has 3 N–H and O–H groups in total. The molecular formula is C45H55F4N7O4. The third-order valence-electron chi connectivity index (χ3n) is 13.5.